The smallest absolute Gasteiger partial charge is 0.104 e. The Balaban J connectivity index is 2.33. The first-order valence-electron chi connectivity index (χ1n) is 5.11. The van der Waals surface area contributed by atoms with Crippen LogP contribution in [0.25, 0.3) is 0 Å². The summed E-state index contributed by atoms with van der Waals surface area (Å²) in [6, 6.07) is 2.01. The van der Waals surface area contributed by atoms with E-state index in [1.54, 1.807) is 18.4 Å². The van der Waals surface area contributed by atoms with Crippen molar-refractivity contribution in [2.24, 2.45) is 0 Å². The summed E-state index contributed by atoms with van der Waals surface area (Å²) in [5.41, 5.74) is 1.05. The van der Waals surface area contributed by atoms with Crippen molar-refractivity contribution in [3.63, 3.8) is 0 Å². The topological polar surface area (TPSA) is 29.5 Å². The molecular weight excluding hydrogens is 240 g/mol. The standard InChI is InChI=1S/C12H16O2S2/c1-14-7-3-8-15-10-12-11(4-2-6-13)5-9-16-12/h5,9,13H,3,6-8,10H2,1H3. The van der Waals surface area contributed by atoms with Crippen molar-refractivity contribution in [3.05, 3.63) is 21.9 Å². The van der Waals surface area contributed by atoms with Crippen LogP contribution in [0, 0.1) is 11.8 Å². The van der Waals surface area contributed by atoms with Crippen molar-refractivity contribution in [1.29, 1.82) is 0 Å². The fourth-order valence-corrected chi connectivity index (χ4v) is 3.11. The minimum Gasteiger partial charge on any atom is -0.385 e. The maximum atomic E-state index is 8.64. The lowest BCUT2D eigenvalue weighted by Crippen LogP contribution is -1.91. The van der Waals surface area contributed by atoms with Gasteiger partial charge in [-0.2, -0.15) is 11.8 Å². The van der Waals surface area contributed by atoms with E-state index in [0.29, 0.717) is 0 Å². The van der Waals surface area contributed by atoms with Crippen LogP contribution in [0.2, 0.25) is 0 Å². The van der Waals surface area contributed by atoms with Crippen molar-refractivity contribution in [2.75, 3.05) is 26.1 Å². The monoisotopic (exact) mass is 256 g/mol. The molecule has 0 saturated carbocycles. The van der Waals surface area contributed by atoms with E-state index in [1.807, 2.05) is 23.2 Å². The molecule has 0 spiro atoms. The Morgan fingerprint density at radius 2 is 2.44 bits per heavy atom. The summed E-state index contributed by atoms with van der Waals surface area (Å²) in [6.07, 6.45) is 1.09. The fourth-order valence-electron chi connectivity index (χ4n) is 1.17. The molecule has 0 fully saturated rings. The molecule has 0 bridgehead atoms. The number of hydrogen-bond donors (Lipinski definition) is 1. The molecule has 88 valence electrons. The van der Waals surface area contributed by atoms with Gasteiger partial charge in [0.15, 0.2) is 0 Å². The molecule has 0 unspecified atom stereocenters. The van der Waals surface area contributed by atoms with Gasteiger partial charge in [-0.05, 0) is 23.6 Å². The van der Waals surface area contributed by atoms with Gasteiger partial charge < -0.3 is 9.84 Å². The third kappa shape index (κ3) is 5.04. The third-order valence-corrected chi connectivity index (χ3v) is 4.09. The maximum absolute atomic E-state index is 8.64. The minimum absolute atomic E-state index is 0.0731. The quantitative estimate of drug-likeness (QED) is 0.626. The van der Waals surface area contributed by atoms with Gasteiger partial charge in [0.1, 0.15) is 6.61 Å². The van der Waals surface area contributed by atoms with E-state index in [0.717, 1.165) is 30.1 Å². The SMILES string of the molecule is COCCCSCc1sccc1C#CCO. The zero-order valence-corrected chi connectivity index (χ0v) is 11.0. The Bertz CT molecular complexity index is 349. The zero-order chi connectivity index (χ0) is 11.6. The molecule has 0 aromatic carbocycles. The number of thiophene rings is 1. The number of rotatable bonds is 6. The van der Waals surface area contributed by atoms with Crippen LogP contribution in [-0.2, 0) is 10.5 Å². The van der Waals surface area contributed by atoms with Gasteiger partial charge in [-0.25, -0.2) is 0 Å². The lowest BCUT2D eigenvalue weighted by molar-refractivity contribution is 0.200. The van der Waals surface area contributed by atoms with E-state index < -0.39 is 0 Å². The summed E-state index contributed by atoms with van der Waals surface area (Å²) in [5.74, 6) is 7.76. The highest BCUT2D eigenvalue weighted by Gasteiger charge is 2.01. The van der Waals surface area contributed by atoms with Crippen LogP contribution in [0.4, 0.5) is 0 Å². The Kier molecular flexibility index (Phi) is 7.35. The van der Waals surface area contributed by atoms with Crippen molar-refractivity contribution < 1.29 is 9.84 Å². The Morgan fingerprint density at radius 1 is 1.56 bits per heavy atom. The number of aliphatic hydroxyl groups excluding tert-OH is 1. The normalized spacial score (nSPS) is 9.88. The van der Waals surface area contributed by atoms with Gasteiger partial charge in [0, 0.05) is 29.9 Å². The number of ether oxygens (including phenoxy) is 1. The van der Waals surface area contributed by atoms with E-state index in [9.17, 15) is 0 Å². The average molecular weight is 256 g/mol. The summed E-state index contributed by atoms with van der Waals surface area (Å²) < 4.78 is 5.00. The molecule has 1 aromatic heterocycles. The van der Waals surface area contributed by atoms with E-state index in [-0.39, 0.29) is 6.61 Å². The van der Waals surface area contributed by atoms with Gasteiger partial charge in [0.25, 0.3) is 0 Å². The molecule has 0 saturated heterocycles. The second kappa shape index (κ2) is 8.66. The molecule has 0 aliphatic rings. The molecule has 0 radical (unpaired) electrons. The highest BCUT2D eigenvalue weighted by Crippen LogP contribution is 2.22. The van der Waals surface area contributed by atoms with Crippen LogP contribution in [-0.4, -0.2) is 31.2 Å². The zero-order valence-electron chi connectivity index (χ0n) is 9.36. The number of methoxy groups -OCH3 is 1. The van der Waals surface area contributed by atoms with Crippen molar-refractivity contribution >= 4 is 23.1 Å². The highest BCUT2D eigenvalue weighted by atomic mass is 32.2. The molecule has 1 rings (SSSR count). The van der Waals surface area contributed by atoms with Gasteiger partial charge in [0.05, 0.1) is 0 Å². The molecule has 4 heteroatoms. The van der Waals surface area contributed by atoms with Crippen LogP contribution in [0.1, 0.15) is 16.9 Å². The molecule has 0 amide bonds. The number of hydrogen-bond acceptors (Lipinski definition) is 4. The van der Waals surface area contributed by atoms with Crippen LogP contribution in [0.5, 0.6) is 0 Å². The van der Waals surface area contributed by atoms with Crippen LogP contribution in [0.15, 0.2) is 11.4 Å². The highest BCUT2D eigenvalue weighted by molar-refractivity contribution is 7.98. The molecule has 16 heavy (non-hydrogen) atoms. The summed E-state index contributed by atoms with van der Waals surface area (Å²) >= 11 is 3.63. The molecule has 1 heterocycles. The van der Waals surface area contributed by atoms with Crippen molar-refractivity contribution in [3.8, 4) is 11.8 Å². The van der Waals surface area contributed by atoms with Gasteiger partial charge in [-0.3, -0.25) is 0 Å². The summed E-state index contributed by atoms with van der Waals surface area (Å²) in [6.45, 7) is 0.755. The number of aliphatic hydroxyl groups is 1. The molecule has 0 atom stereocenters. The first kappa shape index (κ1) is 13.6. The van der Waals surface area contributed by atoms with Crippen molar-refractivity contribution in [1.82, 2.24) is 0 Å². The minimum atomic E-state index is -0.0731. The predicted molar refractivity (Wildman–Crippen MR) is 70.9 cm³/mol. The summed E-state index contributed by atoms with van der Waals surface area (Å²) in [5, 5.41) is 10.7. The second-order valence-electron chi connectivity index (χ2n) is 3.12. The lowest BCUT2D eigenvalue weighted by atomic mass is 10.3. The fraction of sp³-hybridized carbons (Fsp3) is 0.500. The number of thioether (sulfide) groups is 1. The summed E-state index contributed by atoms with van der Waals surface area (Å²) in [7, 11) is 1.73. The Hall–Kier alpha value is -0.470. The molecule has 0 aliphatic carbocycles. The van der Waals surface area contributed by atoms with Gasteiger partial charge in [-0.15, -0.1) is 11.3 Å². The first-order valence-corrected chi connectivity index (χ1v) is 7.14. The molecular formula is C12H16O2S2. The van der Waals surface area contributed by atoms with E-state index in [1.165, 1.54) is 4.88 Å². The van der Waals surface area contributed by atoms with E-state index in [4.69, 9.17) is 9.84 Å². The van der Waals surface area contributed by atoms with E-state index in [2.05, 4.69) is 11.8 Å². The third-order valence-electron chi connectivity index (χ3n) is 1.92. The van der Waals surface area contributed by atoms with Crippen LogP contribution >= 0.6 is 23.1 Å². The molecule has 0 aliphatic heterocycles. The summed E-state index contributed by atoms with van der Waals surface area (Å²) in [4.78, 5) is 1.29. The van der Waals surface area contributed by atoms with Crippen LogP contribution in [0.3, 0.4) is 0 Å². The van der Waals surface area contributed by atoms with Gasteiger partial charge >= 0.3 is 0 Å². The largest absolute Gasteiger partial charge is 0.385 e. The average Bonchev–Trinajstić information content (AvgIpc) is 2.74. The lowest BCUT2D eigenvalue weighted by Gasteiger charge is -2.00. The second-order valence-corrected chi connectivity index (χ2v) is 5.22. The molecule has 1 N–H and O–H groups in total. The molecule has 2 nitrogen and oxygen atoms in total. The Labute approximate surface area is 105 Å². The van der Waals surface area contributed by atoms with Crippen LogP contribution < -0.4 is 0 Å². The first-order chi connectivity index (χ1) is 7.88. The molecule has 1 aromatic rings. The Morgan fingerprint density at radius 3 is 3.19 bits per heavy atom. The van der Waals surface area contributed by atoms with Gasteiger partial charge in [-0.1, -0.05) is 11.8 Å². The predicted octanol–water partition coefficient (Wildman–Crippen LogP) is 2.36. The van der Waals surface area contributed by atoms with Gasteiger partial charge in [0.2, 0.25) is 0 Å². The van der Waals surface area contributed by atoms with Crippen molar-refractivity contribution in [2.45, 2.75) is 12.2 Å². The van der Waals surface area contributed by atoms with E-state index >= 15 is 0 Å². The maximum Gasteiger partial charge on any atom is 0.104 e.